The molecule has 38 heavy (non-hydrogen) atoms. The van der Waals surface area contributed by atoms with Crippen LogP contribution in [0.2, 0.25) is 5.02 Å². The first-order chi connectivity index (χ1) is 18.2. The molecule has 3 aromatic carbocycles. The van der Waals surface area contributed by atoms with E-state index in [0.29, 0.717) is 21.8 Å². The van der Waals surface area contributed by atoms with Crippen LogP contribution in [-0.4, -0.2) is 36.4 Å². The number of carbonyl (C=O) groups excluding carboxylic acids is 1. The van der Waals surface area contributed by atoms with E-state index in [4.69, 9.17) is 11.6 Å². The van der Waals surface area contributed by atoms with Gasteiger partial charge in [-0.25, -0.2) is 13.2 Å². The minimum absolute atomic E-state index is 0.0549. The van der Waals surface area contributed by atoms with E-state index >= 15 is 0 Å². The molecular formula is C28H24ClN3O5S. The first kappa shape index (κ1) is 25.7. The van der Waals surface area contributed by atoms with Crippen LogP contribution >= 0.6 is 11.6 Å². The molecule has 2 atom stereocenters. The van der Waals surface area contributed by atoms with Crippen LogP contribution in [0.5, 0.6) is 0 Å². The Kier molecular flexibility index (Phi) is 7.07. The number of hydrogen-bond donors (Lipinski definition) is 4. The fourth-order valence-electron chi connectivity index (χ4n) is 4.59. The van der Waals surface area contributed by atoms with E-state index in [-0.39, 0.29) is 17.7 Å². The SMILES string of the molecule is O=C(Cc1cccc2c1C=CC2NS(=O)(=O)c1ccc(Cl)cc1)N[C@H](Cc1cc2ccccc2[nH]1)C(=O)O. The number of aliphatic carboxylic acids is 1. The molecule has 4 aromatic rings. The summed E-state index contributed by atoms with van der Waals surface area (Å²) in [5, 5.41) is 13.7. The predicted molar refractivity (Wildman–Crippen MR) is 145 cm³/mol. The molecule has 0 bridgehead atoms. The molecular weight excluding hydrogens is 526 g/mol. The molecule has 4 N–H and O–H groups in total. The average molecular weight is 550 g/mol. The van der Waals surface area contributed by atoms with E-state index in [1.54, 1.807) is 30.4 Å². The topological polar surface area (TPSA) is 128 Å². The van der Waals surface area contributed by atoms with E-state index in [0.717, 1.165) is 16.5 Å². The lowest BCUT2D eigenvalue weighted by Crippen LogP contribution is -2.43. The highest BCUT2D eigenvalue weighted by Crippen LogP contribution is 2.32. The molecule has 1 aliphatic carbocycles. The standard InChI is InChI=1S/C28H24ClN3O5S/c29-19-8-10-21(11-9-19)38(36,37)32-25-13-12-22-17(5-3-6-23(22)25)15-27(33)31-26(28(34)35)16-20-14-18-4-1-2-7-24(18)30-20/h1-14,25-26,30,32H,15-16H2,(H,31,33)(H,34,35)/t25?,26-/m1/s1. The summed E-state index contributed by atoms with van der Waals surface area (Å²) < 4.78 is 28.4. The molecule has 0 radical (unpaired) electrons. The van der Waals surface area contributed by atoms with Crippen LogP contribution in [0.15, 0.2) is 83.8 Å². The Hall–Kier alpha value is -3.92. The van der Waals surface area contributed by atoms with Gasteiger partial charge in [0.05, 0.1) is 17.4 Å². The lowest BCUT2D eigenvalue weighted by molar-refractivity contribution is -0.141. The average Bonchev–Trinajstić information content (AvgIpc) is 3.48. The number of amides is 1. The van der Waals surface area contributed by atoms with E-state index in [2.05, 4.69) is 15.0 Å². The van der Waals surface area contributed by atoms with Gasteiger partial charge in [0.2, 0.25) is 15.9 Å². The van der Waals surface area contributed by atoms with Gasteiger partial charge >= 0.3 is 5.97 Å². The summed E-state index contributed by atoms with van der Waals surface area (Å²) in [7, 11) is -3.81. The van der Waals surface area contributed by atoms with Crippen LogP contribution in [0.4, 0.5) is 0 Å². The Balaban J connectivity index is 1.28. The number of para-hydroxylation sites is 1. The molecule has 1 unspecified atom stereocenters. The summed E-state index contributed by atoms with van der Waals surface area (Å²) in [5.74, 6) is -1.58. The fourth-order valence-corrected chi connectivity index (χ4v) is 5.89. The highest BCUT2D eigenvalue weighted by Gasteiger charge is 2.27. The molecule has 10 heteroatoms. The maximum absolute atomic E-state index is 12.9. The molecule has 5 rings (SSSR count). The number of rotatable bonds is 9. The number of carboxylic acids is 1. The number of aromatic nitrogens is 1. The zero-order valence-corrected chi connectivity index (χ0v) is 21.6. The van der Waals surface area contributed by atoms with Crippen molar-refractivity contribution < 1.29 is 23.1 Å². The van der Waals surface area contributed by atoms with Crippen LogP contribution < -0.4 is 10.0 Å². The van der Waals surface area contributed by atoms with Crippen LogP contribution in [-0.2, 0) is 32.5 Å². The van der Waals surface area contributed by atoms with Crippen molar-refractivity contribution >= 4 is 50.5 Å². The third kappa shape index (κ3) is 5.50. The van der Waals surface area contributed by atoms with Gasteiger partial charge in [0.15, 0.2) is 0 Å². The van der Waals surface area contributed by atoms with Crippen molar-refractivity contribution in [2.45, 2.75) is 29.8 Å². The van der Waals surface area contributed by atoms with Crippen molar-refractivity contribution in [1.82, 2.24) is 15.0 Å². The van der Waals surface area contributed by atoms with E-state index in [1.165, 1.54) is 24.3 Å². The summed E-state index contributed by atoms with van der Waals surface area (Å²) in [6.45, 7) is 0. The quantitative estimate of drug-likeness (QED) is 0.248. The molecule has 0 spiro atoms. The highest BCUT2D eigenvalue weighted by molar-refractivity contribution is 7.89. The number of sulfonamides is 1. The summed E-state index contributed by atoms with van der Waals surface area (Å²) in [4.78, 5) is 28.1. The molecule has 8 nitrogen and oxygen atoms in total. The number of nitrogens with one attached hydrogen (secondary N) is 3. The smallest absolute Gasteiger partial charge is 0.326 e. The molecule has 0 saturated heterocycles. The van der Waals surface area contributed by atoms with E-state index in [1.807, 2.05) is 30.3 Å². The first-order valence-electron chi connectivity index (χ1n) is 11.9. The molecule has 194 valence electrons. The van der Waals surface area contributed by atoms with Gasteiger partial charge in [-0.3, -0.25) is 4.79 Å². The number of benzene rings is 3. The van der Waals surface area contributed by atoms with Gasteiger partial charge in [-0.15, -0.1) is 0 Å². The number of hydrogen-bond acceptors (Lipinski definition) is 4. The van der Waals surface area contributed by atoms with Crippen LogP contribution in [0.3, 0.4) is 0 Å². The normalized spacial score (nSPS) is 15.3. The van der Waals surface area contributed by atoms with Gasteiger partial charge in [0, 0.05) is 22.7 Å². The molecule has 1 aromatic heterocycles. The van der Waals surface area contributed by atoms with Crippen molar-refractivity contribution in [1.29, 1.82) is 0 Å². The van der Waals surface area contributed by atoms with Gasteiger partial charge in [-0.1, -0.05) is 60.2 Å². The lowest BCUT2D eigenvalue weighted by Gasteiger charge is -2.17. The fraction of sp³-hybridized carbons (Fsp3) is 0.143. The van der Waals surface area contributed by atoms with E-state index in [9.17, 15) is 23.1 Å². The van der Waals surface area contributed by atoms with Gasteiger partial charge in [-0.2, -0.15) is 4.72 Å². The maximum atomic E-state index is 12.9. The van der Waals surface area contributed by atoms with Gasteiger partial charge < -0.3 is 15.4 Å². The Morgan fingerprint density at radius 3 is 2.53 bits per heavy atom. The van der Waals surface area contributed by atoms with Crippen LogP contribution in [0.25, 0.3) is 17.0 Å². The zero-order chi connectivity index (χ0) is 26.9. The number of aromatic amines is 1. The third-order valence-electron chi connectivity index (χ3n) is 6.42. The number of fused-ring (bicyclic) bond motifs is 2. The molecule has 1 heterocycles. The molecule has 0 aliphatic heterocycles. The molecule has 0 saturated carbocycles. The van der Waals surface area contributed by atoms with Gasteiger partial charge in [0.1, 0.15) is 6.04 Å². The maximum Gasteiger partial charge on any atom is 0.326 e. The van der Waals surface area contributed by atoms with Gasteiger partial charge in [-0.05, 0) is 58.5 Å². The molecule has 0 fully saturated rings. The Morgan fingerprint density at radius 2 is 1.79 bits per heavy atom. The highest BCUT2D eigenvalue weighted by atomic mass is 35.5. The second kappa shape index (κ2) is 10.4. The lowest BCUT2D eigenvalue weighted by atomic mass is 9.99. The number of halogens is 1. The van der Waals surface area contributed by atoms with Crippen LogP contribution in [0.1, 0.15) is 28.4 Å². The third-order valence-corrected chi connectivity index (χ3v) is 8.13. The number of H-pyrrole nitrogens is 1. The van der Waals surface area contributed by atoms with E-state index < -0.39 is 34.0 Å². The second-order valence-corrected chi connectivity index (χ2v) is 11.2. The van der Waals surface area contributed by atoms with Gasteiger partial charge in [0.25, 0.3) is 0 Å². The summed E-state index contributed by atoms with van der Waals surface area (Å²) in [5.41, 5.74) is 3.71. The van der Waals surface area contributed by atoms with Crippen molar-refractivity contribution in [2.75, 3.05) is 0 Å². The largest absolute Gasteiger partial charge is 0.480 e. The minimum atomic E-state index is -3.81. The summed E-state index contributed by atoms with van der Waals surface area (Å²) in [6.07, 6.45) is 3.54. The van der Waals surface area contributed by atoms with Crippen molar-refractivity contribution in [3.05, 3.63) is 106 Å². The van der Waals surface area contributed by atoms with Crippen molar-refractivity contribution in [3.8, 4) is 0 Å². The zero-order valence-electron chi connectivity index (χ0n) is 20.0. The summed E-state index contributed by atoms with van der Waals surface area (Å²) >= 11 is 5.87. The van der Waals surface area contributed by atoms with Crippen molar-refractivity contribution in [3.63, 3.8) is 0 Å². The summed E-state index contributed by atoms with van der Waals surface area (Å²) in [6, 6.07) is 19.0. The van der Waals surface area contributed by atoms with Crippen LogP contribution in [0, 0.1) is 0 Å². The predicted octanol–water partition coefficient (Wildman–Crippen LogP) is 4.22. The van der Waals surface area contributed by atoms with Crippen molar-refractivity contribution in [2.24, 2.45) is 0 Å². The Labute approximate surface area is 224 Å². The number of carboxylic acid groups (broad SMARTS) is 1. The Bertz CT molecular complexity index is 1630. The second-order valence-electron chi connectivity index (χ2n) is 9.05. The monoisotopic (exact) mass is 549 g/mol. The molecule has 1 aliphatic rings. The molecule has 1 amide bonds. The minimum Gasteiger partial charge on any atom is -0.480 e. The number of carbonyl (C=O) groups is 2. The first-order valence-corrected chi connectivity index (χ1v) is 13.7. The Morgan fingerprint density at radius 1 is 1.03 bits per heavy atom.